The molecule has 0 spiro atoms. The summed E-state index contributed by atoms with van der Waals surface area (Å²) in [5.74, 6) is 0.796. The Hall–Kier alpha value is -3.84. The summed E-state index contributed by atoms with van der Waals surface area (Å²) in [5, 5.41) is 5.77. The Labute approximate surface area is 218 Å². The van der Waals surface area contributed by atoms with Gasteiger partial charge in [-0.05, 0) is 60.4 Å². The molecule has 1 saturated carbocycles. The monoisotopic (exact) mass is 501 g/mol. The second-order valence-electron chi connectivity index (χ2n) is 9.51. The van der Waals surface area contributed by atoms with Crippen molar-refractivity contribution in [3.63, 3.8) is 0 Å². The van der Waals surface area contributed by atoms with E-state index in [4.69, 9.17) is 15.2 Å². The third-order valence-corrected chi connectivity index (χ3v) is 6.66. The number of alkyl carbamates (subject to hydrolysis) is 1. The van der Waals surface area contributed by atoms with Crippen LogP contribution in [0.25, 0.3) is 0 Å². The molecule has 7 heteroatoms. The summed E-state index contributed by atoms with van der Waals surface area (Å²) >= 11 is 0. The number of hydrogen-bond donors (Lipinski definition) is 3. The second-order valence-corrected chi connectivity index (χ2v) is 9.51. The molecule has 4 N–H and O–H groups in total. The van der Waals surface area contributed by atoms with Gasteiger partial charge in [-0.15, -0.1) is 0 Å². The van der Waals surface area contributed by atoms with Crippen LogP contribution in [-0.4, -0.2) is 24.6 Å². The predicted octanol–water partition coefficient (Wildman–Crippen LogP) is 4.87. The van der Waals surface area contributed by atoms with Crippen molar-refractivity contribution < 1.29 is 19.1 Å². The second kappa shape index (κ2) is 13.5. The first kappa shape index (κ1) is 26.2. The molecule has 194 valence electrons. The normalized spacial score (nSPS) is 17.9. The fraction of sp³-hybridized carbons (Fsp3) is 0.333. The minimum absolute atomic E-state index is 0.121. The minimum Gasteiger partial charge on any atom is -0.489 e. The van der Waals surface area contributed by atoms with Crippen molar-refractivity contribution in [1.82, 2.24) is 10.6 Å². The summed E-state index contributed by atoms with van der Waals surface area (Å²) in [6, 6.07) is 25.9. The molecule has 0 aliphatic heterocycles. The molecule has 0 radical (unpaired) electrons. The molecule has 1 aliphatic carbocycles. The van der Waals surface area contributed by atoms with Crippen molar-refractivity contribution in [2.75, 3.05) is 6.54 Å². The lowest BCUT2D eigenvalue weighted by Gasteiger charge is -2.27. The van der Waals surface area contributed by atoms with Crippen molar-refractivity contribution in [1.29, 1.82) is 0 Å². The van der Waals surface area contributed by atoms with E-state index >= 15 is 0 Å². The maximum absolute atomic E-state index is 13.2. The van der Waals surface area contributed by atoms with Crippen LogP contribution in [-0.2, 0) is 22.7 Å². The number of rotatable bonds is 10. The lowest BCUT2D eigenvalue weighted by atomic mass is 9.86. The van der Waals surface area contributed by atoms with Gasteiger partial charge in [-0.2, -0.15) is 0 Å². The molecule has 0 aromatic heterocycles. The van der Waals surface area contributed by atoms with Gasteiger partial charge in [0.2, 0.25) is 5.91 Å². The number of amides is 2. The van der Waals surface area contributed by atoms with Crippen molar-refractivity contribution >= 4 is 12.0 Å². The molecule has 1 aliphatic rings. The van der Waals surface area contributed by atoms with Crippen LogP contribution < -0.4 is 21.1 Å². The van der Waals surface area contributed by atoms with Crippen molar-refractivity contribution in [2.24, 2.45) is 11.7 Å². The van der Waals surface area contributed by atoms with Crippen molar-refractivity contribution in [2.45, 2.75) is 51.0 Å². The Kier molecular flexibility index (Phi) is 9.54. The van der Waals surface area contributed by atoms with Crippen LogP contribution in [0.5, 0.6) is 5.75 Å². The van der Waals surface area contributed by atoms with Gasteiger partial charge in [-0.3, -0.25) is 4.79 Å². The minimum atomic E-state index is -0.891. The summed E-state index contributed by atoms with van der Waals surface area (Å²) in [5.41, 5.74) is 8.59. The molecule has 3 aromatic carbocycles. The molecule has 3 aromatic rings. The fourth-order valence-corrected chi connectivity index (χ4v) is 4.42. The predicted molar refractivity (Wildman–Crippen MR) is 143 cm³/mol. The van der Waals surface area contributed by atoms with E-state index in [1.165, 1.54) is 0 Å². The number of hydrogen-bond acceptors (Lipinski definition) is 5. The SMILES string of the molecule is NC1CCC(CNC(=O)[C@@H](NC(=O)OCc2ccccc2)c2ccc(OCc3ccccc3)cc2)CC1. The molecule has 4 rings (SSSR count). The fourth-order valence-electron chi connectivity index (χ4n) is 4.42. The molecule has 7 nitrogen and oxygen atoms in total. The highest BCUT2D eigenvalue weighted by molar-refractivity contribution is 5.86. The summed E-state index contributed by atoms with van der Waals surface area (Å²) in [4.78, 5) is 25.8. The first-order valence-electron chi connectivity index (χ1n) is 12.8. The molecule has 0 saturated heterocycles. The van der Waals surface area contributed by atoms with E-state index in [1.54, 1.807) is 24.3 Å². The maximum atomic E-state index is 13.2. The number of carbonyl (C=O) groups is 2. The quantitative estimate of drug-likeness (QED) is 0.368. The highest BCUT2D eigenvalue weighted by Gasteiger charge is 2.25. The van der Waals surface area contributed by atoms with Gasteiger partial charge in [0.1, 0.15) is 25.0 Å². The van der Waals surface area contributed by atoms with Crippen LogP contribution in [0, 0.1) is 5.92 Å². The average Bonchev–Trinajstić information content (AvgIpc) is 2.95. The van der Waals surface area contributed by atoms with Gasteiger partial charge in [0.05, 0.1) is 0 Å². The van der Waals surface area contributed by atoms with E-state index in [0.29, 0.717) is 30.4 Å². The summed E-state index contributed by atoms with van der Waals surface area (Å²) < 4.78 is 11.2. The number of nitrogens with two attached hydrogens (primary N) is 1. The number of benzene rings is 3. The largest absolute Gasteiger partial charge is 0.489 e. The average molecular weight is 502 g/mol. The van der Waals surface area contributed by atoms with Crippen LogP contribution in [0.3, 0.4) is 0 Å². The molecule has 0 unspecified atom stereocenters. The topological polar surface area (TPSA) is 103 Å². The Morgan fingerprint density at radius 1 is 0.811 bits per heavy atom. The summed E-state index contributed by atoms with van der Waals surface area (Å²) in [6.45, 7) is 1.12. The highest BCUT2D eigenvalue weighted by atomic mass is 16.5. The van der Waals surface area contributed by atoms with E-state index in [1.807, 2.05) is 60.7 Å². The van der Waals surface area contributed by atoms with Crippen LogP contribution in [0.1, 0.15) is 48.4 Å². The Morgan fingerprint density at radius 2 is 1.41 bits per heavy atom. The molecule has 0 bridgehead atoms. The third-order valence-electron chi connectivity index (χ3n) is 6.66. The van der Waals surface area contributed by atoms with Crippen LogP contribution in [0.2, 0.25) is 0 Å². The standard InChI is InChI=1S/C30H35N3O4/c31-26-15-11-22(12-16-26)19-32-29(34)28(33-30(35)37-21-24-9-5-2-6-10-24)25-13-17-27(18-14-25)36-20-23-7-3-1-4-8-23/h1-10,13-14,17-18,22,26,28H,11-12,15-16,19-21,31H2,(H,32,34)(H,33,35)/t22?,26?,28-/m0/s1. The lowest BCUT2D eigenvalue weighted by Crippen LogP contribution is -2.42. The van der Waals surface area contributed by atoms with Crippen molar-refractivity contribution in [3.8, 4) is 5.75 Å². The van der Waals surface area contributed by atoms with Gasteiger partial charge in [-0.1, -0.05) is 72.8 Å². The molecule has 1 fully saturated rings. The molecule has 0 heterocycles. The molecule has 37 heavy (non-hydrogen) atoms. The first-order chi connectivity index (χ1) is 18.1. The molecule has 2 amide bonds. The van der Waals surface area contributed by atoms with Gasteiger partial charge in [0, 0.05) is 12.6 Å². The maximum Gasteiger partial charge on any atom is 0.408 e. The van der Waals surface area contributed by atoms with Crippen molar-refractivity contribution in [3.05, 3.63) is 102 Å². The highest BCUT2D eigenvalue weighted by Crippen LogP contribution is 2.23. The molecule has 1 atom stereocenters. The van der Waals surface area contributed by atoms with Gasteiger partial charge in [0.25, 0.3) is 0 Å². The van der Waals surface area contributed by atoms with Gasteiger partial charge < -0.3 is 25.8 Å². The van der Waals surface area contributed by atoms with E-state index in [9.17, 15) is 9.59 Å². The number of ether oxygens (including phenoxy) is 2. The molecular formula is C30H35N3O4. The number of carbonyl (C=O) groups excluding carboxylic acids is 2. The Bertz CT molecular complexity index is 1110. The van der Waals surface area contributed by atoms with E-state index in [2.05, 4.69) is 10.6 Å². The molecular weight excluding hydrogens is 466 g/mol. The van der Waals surface area contributed by atoms with Crippen LogP contribution in [0.4, 0.5) is 4.79 Å². The van der Waals surface area contributed by atoms with E-state index in [-0.39, 0.29) is 18.6 Å². The van der Waals surface area contributed by atoms with Gasteiger partial charge in [-0.25, -0.2) is 4.79 Å². The third kappa shape index (κ3) is 8.36. The summed E-state index contributed by atoms with van der Waals surface area (Å²) in [7, 11) is 0. The lowest BCUT2D eigenvalue weighted by molar-refractivity contribution is -0.123. The zero-order valence-corrected chi connectivity index (χ0v) is 21.0. The zero-order valence-electron chi connectivity index (χ0n) is 21.0. The number of nitrogens with one attached hydrogen (secondary N) is 2. The Balaban J connectivity index is 1.38. The van der Waals surface area contributed by atoms with Crippen LogP contribution in [0.15, 0.2) is 84.9 Å². The Morgan fingerprint density at radius 3 is 2.03 bits per heavy atom. The summed E-state index contributed by atoms with van der Waals surface area (Å²) in [6.07, 6.45) is 3.27. The first-order valence-corrected chi connectivity index (χ1v) is 12.8. The zero-order chi connectivity index (χ0) is 25.9. The van der Waals surface area contributed by atoms with Gasteiger partial charge in [0.15, 0.2) is 0 Å². The van der Waals surface area contributed by atoms with Gasteiger partial charge >= 0.3 is 6.09 Å². The van der Waals surface area contributed by atoms with Crippen LogP contribution >= 0.6 is 0 Å². The smallest absolute Gasteiger partial charge is 0.408 e. The van der Waals surface area contributed by atoms with E-state index in [0.717, 1.165) is 36.8 Å². The van der Waals surface area contributed by atoms with E-state index < -0.39 is 12.1 Å².